The molecule has 2 heterocycles. The zero-order valence-corrected chi connectivity index (χ0v) is 9.13. The number of piperidine rings is 1. The summed E-state index contributed by atoms with van der Waals surface area (Å²) < 4.78 is 5.33. The number of carbonyl (C=O) groups is 1. The molecule has 5 heteroatoms. The van der Waals surface area contributed by atoms with Crippen LogP contribution in [0.5, 0.6) is 0 Å². The van der Waals surface area contributed by atoms with Gasteiger partial charge in [0.2, 0.25) is 0 Å². The van der Waals surface area contributed by atoms with E-state index in [0.29, 0.717) is 0 Å². The maximum absolute atomic E-state index is 11.7. The van der Waals surface area contributed by atoms with E-state index in [1.807, 2.05) is 0 Å². The molecule has 2 saturated heterocycles. The molecule has 86 valence electrons. The Morgan fingerprint density at radius 3 is 2.40 bits per heavy atom. The molecule has 0 aromatic rings. The molecule has 2 rings (SSSR count). The van der Waals surface area contributed by atoms with Crippen molar-refractivity contribution in [2.75, 3.05) is 39.4 Å². The van der Waals surface area contributed by atoms with Crippen molar-refractivity contribution < 1.29 is 19.7 Å². The van der Waals surface area contributed by atoms with Gasteiger partial charge in [-0.2, -0.15) is 0 Å². The molecule has 0 saturated carbocycles. The standard InChI is InChI=1S/C10H19N3O2/c11-9(14)10(1-3-12-4-2-10)13-5-7-15-8-6-13/h12H,1-8H2,(H2,11,14)/p+2. The minimum absolute atomic E-state index is 0.118. The molecule has 2 aliphatic rings. The van der Waals surface area contributed by atoms with Crippen molar-refractivity contribution in [3.63, 3.8) is 0 Å². The Morgan fingerprint density at radius 2 is 1.87 bits per heavy atom. The molecule has 0 atom stereocenters. The molecule has 5 nitrogen and oxygen atoms in total. The third-order valence-electron chi connectivity index (χ3n) is 3.80. The van der Waals surface area contributed by atoms with E-state index >= 15 is 0 Å². The minimum Gasteiger partial charge on any atom is -0.370 e. The van der Waals surface area contributed by atoms with Crippen molar-refractivity contribution in [2.24, 2.45) is 5.73 Å². The SMILES string of the molecule is NC(=O)C1([NH+]2CCOCC2)CC[NH2+]CC1. The Kier molecular flexibility index (Phi) is 3.23. The second kappa shape index (κ2) is 4.47. The molecular formula is C10H21N3O2+2. The second-order valence-electron chi connectivity index (χ2n) is 4.53. The van der Waals surface area contributed by atoms with E-state index in [0.717, 1.165) is 52.2 Å². The quantitative estimate of drug-likeness (QED) is 0.447. The molecule has 0 radical (unpaired) electrons. The largest absolute Gasteiger partial charge is 0.370 e. The van der Waals surface area contributed by atoms with Crippen LogP contribution in [0.15, 0.2) is 0 Å². The lowest BCUT2D eigenvalue weighted by atomic mass is 9.85. The van der Waals surface area contributed by atoms with Crippen LogP contribution in [-0.4, -0.2) is 50.8 Å². The van der Waals surface area contributed by atoms with E-state index < -0.39 is 0 Å². The van der Waals surface area contributed by atoms with Crippen molar-refractivity contribution >= 4 is 5.91 Å². The van der Waals surface area contributed by atoms with Crippen LogP contribution in [0.3, 0.4) is 0 Å². The number of ether oxygens (including phenoxy) is 1. The molecular weight excluding hydrogens is 194 g/mol. The van der Waals surface area contributed by atoms with Crippen LogP contribution >= 0.6 is 0 Å². The van der Waals surface area contributed by atoms with E-state index in [2.05, 4.69) is 5.32 Å². The third kappa shape index (κ3) is 2.00. The van der Waals surface area contributed by atoms with Crippen LogP contribution in [0.25, 0.3) is 0 Å². The maximum atomic E-state index is 11.7. The van der Waals surface area contributed by atoms with Gasteiger partial charge in [0.05, 0.1) is 39.1 Å². The van der Waals surface area contributed by atoms with Crippen LogP contribution in [0.2, 0.25) is 0 Å². The fourth-order valence-electron chi connectivity index (χ4n) is 2.84. The average Bonchev–Trinajstić information content (AvgIpc) is 2.31. The van der Waals surface area contributed by atoms with E-state index in [1.165, 1.54) is 4.90 Å². The lowest BCUT2D eigenvalue weighted by molar-refractivity contribution is -0.956. The zero-order chi connectivity index (χ0) is 10.7. The number of quaternary nitrogens is 2. The molecule has 0 aromatic heterocycles. The Balaban J connectivity index is 2.12. The summed E-state index contributed by atoms with van der Waals surface area (Å²) in [6.45, 7) is 5.40. The van der Waals surface area contributed by atoms with Gasteiger partial charge < -0.3 is 20.7 Å². The predicted octanol–water partition coefficient (Wildman–Crippen LogP) is -3.52. The second-order valence-corrected chi connectivity index (χ2v) is 4.53. The first-order valence-corrected chi connectivity index (χ1v) is 5.80. The van der Waals surface area contributed by atoms with Gasteiger partial charge in [-0.1, -0.05) is 0 Å². The summed E-state index contributed by atoms with van der Waals surface area (Å²) in [7, 11) is 0. The van der Waals surface area contributed by atoms with Gasteiger partial charge in [0.25, 0.3) is 5.91 Å². The summed E-state index contributed by atoms with van der Waals surface area (Å²) in [5.74, 6) is -0.118. The number of hydrogen-bond donors (Lipinski definition) is 3. The fraction of sp³-hybridized carbons (Fsp3) is 0.900. The lowest BCUT2D eigenvalue weighted by Crippen LogP contribution is -3.24. The Hall–Kier alpha value is -0.650. The molecule has 15 heavy (non-hydrogen) atoms. The number of carbonyl (C=O) groups excluding carboxylic acids is 1. The van der Waals surface area contributed by atoms with Gasteiger partial charge in [-0.15, -0.1) is 0 Å². The summed E-state index contributed by atoms with van der Waals surface area (Å²) in [6, 6.07) is 0. The van der Waals surface area contributed by atoms with Gasteiger partial charge in [0.15, 0.2) is 5.54 Å². The van der Waals surface area contributed by atoms with Gasteiger partial charge in [-0.25, -0.2) is 0 Å². The first-order valence-electron chi connectivity index (χ1n) is 5.80. The third-order valence-corrected chi connectivity index (χ3v) is 3.80. The molecule has 5 N–H and O–H groups in total. The van der Waals surface area contributed by atoms with Gasteiger partial charge in [0.1, 0.15) is 13.1 Å². The van der Waals surface area contributed by atoms with Crippen LogP contribution in [0.1, 0.15) is 12.8 Å². The number of rotatable bonds is 2. The molecule has 0 spiro atoms. The highest BCUT2D eigenvalue weighted by atomic mass is 16.5. The fourth-order valence-corrected chi connectivity index (χ4v) is 2.84. The predicted molar refractivity (Wildman–Crippen MR) is 54.3 cm³/mol. The maximum Gasteiger partial charge on any atom is 0.279 e. The highest BCUT2D eigenvalue weighted by Crippen LogP contribution is 2.11. The van der Waals surface area contributed by atoms with Gasteiger partial charge in [-0.3, -0.25) is 4.79 Å². The van der Waals surface area contributed by atoms with Gasteiger partial charge in [0, 0.05) is 0 Å². The van der Waals surface area contributed by atoms with E-state index in [1.54, 1.807) is 0 Å². The molecule has 2 fully saturated rings. The monoisotopic (exact) mass is 215 g/mol. The van der Waals surface area contributed by atoms with Crippen LogP contribution in [0.4, 0.5) is 0 Å². The van der Waals surface area contributed by atoms with E-state index in [-0.39, 0.29) is 11.4 Å². The Bertz CT molecular complexity index is 233. The molecule has 0 unspecified atom stereocenters. The van der Waals surface area contributed by atoms with Crippen molar-refractivity contribution in [3.8, 4) is 0 Å². The summed E-state index contributed by atoms with van der Waals surface area (Å²) in [6.07, 6.45) is 1.83. The Morgan fingerprint density at radius 1 is 1.27 bits per heavy atom. The lowest BCUT2D eigenvalue weighted by Gasteiger charge is -2.41. The van der Waals surface area contributed by atoms with Crippen molar-refractivity contribution in [3.05, 3.63) is 0 Å². The number of hydrogen-bond acceptors (Lipinski definition) is 2. The normalized spacial score (nSPS) is 27.5. The minimum atomic E-state index is -0.307. The van der Waals surface area contributed by atoms with E-state index in [9.17, 15) is 4.79 Å². The van der Waals surface area contributed by atoms with Gasteiger partial charge >= 0.3 is 0 Å². The van der Waals surface area contributed by atoms with Gasteiger partial charge in [-0.05, 0) is 0 Å². The van der Waals surface area contributed by atoms with E-state index in [4.69, 9.17) is 10.5 Å². The summed E-state index contributed by atoms with van der Waals surface area (Å²) in [5, 5.41) is 2.26. The highest BCUT2D eigenvalue weighted by molar-refractivity contribution is 5.83. The first-order chi connectivity index (χ1) is 7.26. The molecule has 2 aliphatic heterocycles. The smallest absolute Gasteiger partial charge is 0.279 e. The van der Waals surface area contributed by atoms with Crippen LogP contribution in [-0.2, 0) is 9.53 Å². The number of nitrogens with two attached hydrogens (primary N) is 2. The summed E-state index contributed by atoms with van der Waals surface area (Å²) in [5.41, 5.74) is 5.31. The first kappa shape index (κ1) is 10.9. The number of nitrogens with one attached hydrogen (secondary N) is 1. The van der Waals surface area contributed by atoms with Crippen molar-refractivity contribution in [1.82, 2.24) is 0 Å². The van der Waals surface area contributed by atoms with Crippen LogP contribution < -0.4 is 16.0 Å². The zero-order valence-electron chi connectivity index (χ0n) is 9.13. The van der Waals surface area contributed by atoms with Crippen molar-refractivity contribution in [2.45, 2.75) is 18.4 Å². The molecule has 0 aliphatic carbocycles. The number of amides is 1. The Labute approximate surface area is 89.9 Å². The van der Waals surface area contributed by atoms with Crippen LogP contribution in [0, 0.1) is 0 Å². The molecule has 0 aromatic carbocycles. The summed E-state index contributed by atoms with van der Waals surface area (Å²) >= 11 is 0. The average molecular weight is 215 g/mol. The summed E-state index contributed by atoms with van der Waals surface area (Å²) in [4.78, 5) is 13.1. The highest BCUT2D eigenvalue weighted by Gasteiger charge is 2.49. The molecule has 0 bridgehead atoms. The number of morpholine rings is 1. The van der Waals surface area contributed by atoms with Crippen molar-refractivity contribution in [1.29, 1.82) is 0 Å². The topological polar surface area (TPSA) is 73.4 Å². The number of primary amides is 1. The molecule has 1 amide bonds.